The van der Waals surface area contributed by atoms with Crippen molar-refractivity contribution in [1.82, 2.24) is 15.5 Å². The van der Waals surface area contributed by atoms with Gasteiger partial charge in [-0.05, 0) is 36.2 Å². The summed E-state index contributed by atoms with van der Waals surface area (Å²) in [5, 5.41) is 17.1. The van der Waals surface area contributed by atoms with Crippen molar-refractivity contribution in [1.29, 1.82) is 0 Å². The number of carbonyl (C=O) groups excluding carboxylic acids is 4. The van der Waals surface area contributed by atoms with Crippen LogP contribution in [0.2, 0.25) is 10.0 Å². The zero-order valence-electron chi connectivity index (χ0n) is 18.7. The SMILES string of the molecule is CC1=CN(C)C(=O)C(NC(=O)NC(CC(=O)[O-])c2cccc(-c3ccc(Cl)cc3Cl)c2)C1=O.[Na+]. The van der Waals surface area contributed by atoms with Crippen molar-refractivity contribution in [2.75, 3.05) is 7.05 Å². The van der Waals surface area contributed by atoms with E-state index in [0.717, 1.165) is 0 Å². The zero-order chi connectivity index (χ0) is 24.3. The number of amides is 3. The van der Waals surface area contributed by atoms with E-state index in [1.807, 2.05) is 0 Å². The van der Waals surface area contributed by atoms with E-state index in [4.69, 9.17) is 23.2 Å². The molecule has 3 rings (SSSR count). The Balaban J connectivity index is 0.00000408. The average Bonchev–Trinajstić information content (AvgIpc) is 2.74. The van der Waals surface area contributed by atoms with Crippen LogP contribution in [0, 0.1) is 0 Å². The molecular weight excluding hydrogens is 492 g/mol. The molecule has 2 aromatic carbocycles. The Kier molecular flexibility index (Phi) is 9.73. The minimum atomic E-state index is -1.40. The van der Waals surface area contributed by atoms with Crippen LogP contribution in [-0.4, -0.2) is 41.7 Å². The molecule has 2 atom stereocenters. The van der Waals surface area contributed by atoms with E-state index in [1.165, 1.54) is 25.1 Å². The molecule has 0 spiro atoms. The predicted octanol–water partition coefficient (Wildman–Crippen LogP) is -0.542. The van der Waals surface area contributed by atoms with Crippen LogP contribution >= 0.6 is 23.2 Å². The molecule has 11 heteroatoms. The average molecular weight is 512 g/mol. The summed E-state index contributed by atoms with van der Waals surface area (Å²) < 4.78 is 0. The fraction of sp³-hybridized carbons (Fsp3) is 0.217. The Bertz CT molecular complexity index is 1170. The van der Waals surface area contributed by atoms with Crippen molar-refractivity contribution in [2.24, 2.45) is 0 Å². The van der Waals surface area contributed by atoms with Crippen molar-refractivity contribution in [3.8, 4) is 11.1 Å². The first-order valence-electron chi connectivity index (χ1n) is 9.88. The molecule has 1 aliphatic heterocycles. The third-order valence-electron chi connectivity index (χ3n) is 5.12. The number of urea groups is 1. The predicted molar refractivity (Wildman–Crippen MR) is 121 cm³/mol. The van der Waals surface area contributed by atoms with E-state index in [0.29, 0.717) is 32.3 Å². The van der Waals surface area contributed by atoms with Gasteiger partial charge >= 0.3 is 35.6 Å². The van der Waals surface area contributed by atoms with Crippen LogP contribution < -0.4 is 45.3 Å². The third-order valence-corrected chi connectivity index (χ3v) is 5.66. The summed E-state index contributed by atoms with van der Waals surface area (Å²) in [5.74, 6) is -2.53. The summed E-state index contributed by atoms with van der Waals surface area (Å²) in [5.41, 5.74) is 2.12. The molecule has 1 heterocycles. The van der Waals surface area contributed by atoms with E-state index in [-0.39, 0.29) is 29.6 Å². The number of aliphatic carboxylic acids is 1. The number of hydrogen-bond acceptors (Lipinski definition) is 5. The van der Waals surface area contributed by atoms with Gasteiger partial charge in [0.15, 0.2) is 11.8 Å². The van der Waals surface area contributed by atoms with Gasteiger partial charge < -0.3 is 25.4 Å². The number of likely N-dealkylation sites (N-methyl/N-ethyl adjacent to an activating group) is 1. The van der Waals surface area contributed by atoms with Gasteiger partial charge in [-0.1, -0.05) is 47.5 Å². The van der Waals surface area contributed by atoms with E-state index in [1.54, 1.807) is 42.5 Å². The fourth-order valence-corrected chi connectivity index (χ4v) is 4.00. The summed E-state index contributed by atoms with van der Waals surface area (Å²) in [7, 11) is 1.47. The molecule has 2 N–H and O–H groups in total. The number of carboxylic acid groups (broad SMARTS) is 1. The number of Topliss-reactive ketones (excluding diaryl/α,β-unsaturated/α-hetero) is 1. The second kappa shape index (κ2) is 11.9. The van der Waals surface area contributed by atoms with Crippen LogP contribution in [0.3, 0.4) is 0 Å². The number of nitrogens with zero attached hydrogens (tertiary/aromatic N) is 1. The van der Waals surface area contributed by atoms with Crippen LogP contribution in [0.1, 0.15) is 24.9 Å². The number of benzene rings is 2. The second-order valence-electron chi connectivity index (χ2n) is 7.55. The van der Waals surface area contributed by atoms with Gasteiger partial charge in [-0.2, -0.15) is 0 Å². The van der Waals surface area contributed by atoms with Gasteiger partial charge in [-0.3, -0.25) is 9.59 Å². The number of nitrogens with one attached hydrogen (secondary N) is 2. The van der Waals surface area contributed by atoms with Crippen molar-refractivity contribution >= 4 is 46.9 Å². The summed E-state index contributed by atoms with van der Waals surface area (Å²) >= 11 is 12.2. The van der Waals surface area contributed by atoms with Gasteiger partial charge in [0.05, 0.1) is 6.04 Å². The smallest absolute Gasteiger partial charge is 0.550 e. The standard InChI is InChI=1S/C23H21Cl2N3O5.Na/c1-12-11-28(2)22(32)20(21(12)31)27-23(33)26-18(10-19(29)30)14-5-3-4-13(8-14)16-7-6-15(24)9-17(16)25;/h3-9,11,18,20H,10H2,1-2H3,(H,29,30)(H2,26,27,33);/q;+1/p-1. The van der Waals surface area contributed by atoms with Crippen molar-refractivity contribution < 1.29 is 53.8 Å². The molecule has 0 saturated carbocycles. The molecule has 0 fully saturated rings. The maximum absolute atomic E-state index is 12.6. The van der Waals surface area contributed by atoms with Crippen LogP contribution in [0.4, 0.5) is 4.79 Å². The van der Waals surface area contributed by atoms with Crippen LogP contribution in [0.25, 0.3) is 11.1 Å². The normalized spacial score (nSPS) is 16.3. The third kappa shape index (κ3) is 6.61. The van der Waals surface area contributed by atoms with Gasteiger partial charge in [0.1, 0.15) is 0 Å². The number of rotatable bonds is 6. The molecule has 3 amide bonds. The van der Waals surface area contributed by atoms with Crippen LogP contribution in [-0.2, 0) is 14.4 Å². The molecule has 0 aliphatic carbocycles. The Morgan fingerprint density at radius 3 is 2.50 bits per heavy atom. The molecule has 0 saturated heterocycles. The monoisotopic (exact) mass is 511 g/mol. The first kappa shape index (κ1) is 27.9. The number of hydrogen-bond donors (Lipinski definition) is 2. The molecular formula is C23H20Cl2N3NaO5. The Morgan fingerprint density at radius 2 is 1.85 bits per heavy atom. The quantitative estimate of drug-likeness (QED) is 0.398. The van der Waals surface area contributed by atoms with Crippen LogP contribution in [0.5, 0.6) is 0 Å². The van der Waals surface area contributed by atoms with Crippen molar-refractivity contribution in [3.63, 3.8) is 0 Å². The van der Waals surface area contributed by atoms with E-state index in [9.17, 15) is 24.3 Å². The second-order valence-corrected chi connectivity index (χ2v) is 8.40. The summed E-state index contributed by atoms with van der Waals surface area (Å²) in [6, 6.07) is 8.50. The van der Waals surface area contributed by atoms with E-state index in [2.05, 4.69) is 10.6 Å². The van der Waals surface area contributed by atoms with E-state index >= 15 is 0 Å². The molecule has 8 nitrogen and oxygen atoms in total. The number of halogens is 2. The summed E-state index contributed by atoms with van der Waals surface area (Å²) in [6.07, 6.45) is 0.851. The minimum Gasteiger partial charge on any atom is -0.550 e. The van der Waals surface area contributed by atoms with Crippen molar-refractivity contribution in [2.45, 2.75) is 25.4 Å². The molecule has 34 heavy (non-hydrogen) atoms. The Labute approximate surface area is 228 Å². The molecule has 2 aromatic rings. The fourth-order valence-electron chi connectivity index (χ4n) is 3.48. The van der Waals surface area contributed by atoms with Crippen molar-refractivity contribution in [3.05, 3.63) is 69.8 Å². The summed E-state index contributed by atoms with van der Waals surface area (Å²) in [4.78, 5) is 49.8. The zero-order valence-corrected chi connectivity index (χ0v) is 22.2. The first-order valence-corrected chi connectivity index (χ1v) is 10.6. The first-order chi connectivity index (χ1) is 15.6. The number of carbonyl (C=O) groups is 4. The molecule has 2 unspecified atom stereocenters. The van der Waals surface area contributed by atoms with Gasteiger partial charge in [0, 0.05) is 46.8 Å². The van der Waals surface area contributed by atoms with Gasteiger partial charge in [0.2, 0.25) is 0 Å². The largest absolute Gasteiger partial charge is 1.00 e. The maximum Gasteiger partial charge on any atom is 1.00 e. The molecule has 0 bridgehead atoms. The van der Waals surface area contributed by atoms with Gasteiger partial charge in [-0.15, -0.1) is 0 Å². The molecule has 0 radical (unpaired) electrons. The number of ketones is 1. The summed E-state index contributed by atoms with van der Waals surface area (Å²) in [6.45, 7) is 1.53. The number of carboxylic acids is 1. The molecule has 0 aromatic heterocycles. The van der Waals surface area contributed by atoms with Gasteiger partial charge in [-0.25, -0.2) is 4.79 Å². The molecule has 172 valence electrons. The molecule has 1 aliphatic rings. The minimum absolute atomic E-state index is 0. The van der Waals surface area contributed by atoms with Crippen LogP contribution in [0.15, 0.2) is 54.2 Å². The Hall–Kier alpha value is -2.36. The van der Waals surface area contributed by atoms with E-state index < -0.39 is 42.2 Å². The maximum atomic E-state index is 12.6. The van der Waals surface area contributed by atoms with Gasteiger partial charge in [0.25, 0.3) is 5.91 Å². The topological polar surface area (TPSA) is 119 Å². The Morgan fingerprint density at radius 1 is 1.15 bits per heavy atom.